The van der Waals surface area contributed by atoms with Gasteiger partial charge in [-0.05, 0) is 91.4 Å². The van der Waals surface area contributed by atoms with Gasteiger partial charge >= 0.3 is 5.97 Å². The van der Waals surface area contributed by atoms with Gasteiger partial charge in [-0.2, -0.15) is 0 Å². The smallest absolute Gasteiger partial charge is 0.314 e. The van der Waals surface area contributed by atoms with Crippen molar-refractivity contribution in [2.45, 2.75) is 60.1 Å². The fraction of sp³-hybridized carbons (Fsp3) is 0.400. The van der Waals surface area contributed by atoms with Crippen LogP contribution in [-0.4, -0.2) is 50.0 Å². The summed E-state index contributed by atoms with van der Waals surface area (Å²) in [5.74, 6) is 2.42. The van der Waals surface area contributed by atoms with Gasteiger partial charge in [0, 0.05) is 12.6 Å². The Hall–Kier alpha value is -4.01. The van der Waals surface area contributed by atoms with Crippen LogP contribution in [0.1, 0.15) is 64.7 Å². The van der Waals surface area contributed by atoms with Gasteiger partial charge in [-0.15, -0.1) is 0 Å². The summed E-state index contributed by atoms with van der Waals surface area (Å²) in [6.45, 7) is 12.3. The molecular formula is C35H43NO7. The normalized spacial score (nSPS) is 13.9. The number of aliphatic hydroxyl groups excluding tert-OH is 1. The molecule has 43 heavy (non-hydrogen) atoms. The number of aliphatic hydroxyl groups is 1. The maximum Gasteiger partial charge on any atom is 0.314 e. The molecule has 0 aliphatic carbocycles. The van der Waals surface area contributed by atoms with E-state index < -0.39 is 11.5 Å². The minimum atomic E-state index is -0.604. The molecule has 1 heterocycles. The largest absolute Gasteiger partial charge is 0.491 e. The molecule has 2 N–H and O–H groups in total. The number of hydrogen-bond donors (Lipinski definition) is 2. The summed E-state index contributed by atoms with van der Waals surface area (Å²) < 4.78 is 28.0. The number of esters is 1. The quantitative estimate of drug-likeness (QED) is 0.134. The van der Waals surface area contributed by atoms with Crippen LogP contribution >= 0.6 is 0 Å². The molecule has 0 saturated heterocycles. The van der Waals surface area contributed by atoms with Gasteiger partial charge in [-0.1, -0.05) is 51.1 Å². The monoisotopic (exact) mass is 589 g/mol. The molecule has 0 saturated carbocycles. The fourth-order valence-electron chi connectivity index (χ4n) is 4.55. The molecule has 1 unspecified atom stereocenters. The zero-order chi connectivity index (χ0) is 31.0. The highest BCUT2D eigenvalue weighted by atomic mass is 16.7. The first-order chi connectivity index (χ1) is 20.5. The van der Waals surface area contributed by atoms with Crippen LogP contribution < -0.4 is 24.3 Å². The molecule has 1 atom stereocenters. The van der Waals surface area contributed by atoms with Gasteiger partial charge in [0.1, 0.15) is 24.2 Å². The Morgan fingerprint density at radius 3 is 2.05 bits per heavy atom. The number of carbonyl (C=O) groups is 1. The molecular weight excluding hydrogens is 546 g/mol. The fourth-order valence-corrected chi connectivity index (χ4v) is 4.55. The summed E-state index contributed by atoms with van der Waals surface area (Å²) in [6, 6.07) is 22.0. The number of nitrogens with one attached hydrogen (secondary N) is 1. The van der Waals surface area contributed by atoms with Crippen LogP contribution in [0.5, 0.6) is 23.0 Å². The Morgan fingerprint density at radius 1 is 0.884 bits per heavy atom. The average Bonchev–Trinajstić information content (AvgIpc) is 3.46. The second kappa shape index (κ2) is 14.4. The Morgan fingerprint density at radius 2 is 1.47 bits per heavy atom. The first kappa shape index (κ1) is 31.9. The third kappa shape index (κ3) is 8.75. The highest BCUT2D eigenvalue weighted by Gasteiger charge is 2.23. The Balaban J connectivity index is 1.60. The van der Waals surface area contributed by atoms with E-state index in [1.807, 2.05) is 74.5 Å². The zero-order valence-electron chi connectivity index (χ0n) is 25.9. The summed E-state index contributed by atoms with van der Waals surface area (Å²) in [7, 11) is 0. The van der Waals surface area contributed by atoms with Gasteiger partial charge in [0.25, 0.3) is 0 Å². The van der Waals surface area contributed by atoms with Gasteiger partial charge in [0.15, 0.2) is 11.5 Å². The second-order valence-electron chi connectivity index (χ2n) is 11.8. The first-order valence-corrected chi connectivity index (χ1v) is 14.7. The molecule has 8 heteroatoms. The van der Waals surface area contributed by atoms with E-state index in [9.17, 15) is 9.90 Å². The van der Waals surface area contributed by atoms with Gasteiger partial charge in [0.05, 0.1) is 5.41 Å². The number of carbonyl (C=O) groups excluding carboxylic acids is 1. The van der Waals surface area contributed by atoms with Crippen LogP contribution in [0.4, 0.5) is 0 Å². The van der Waals surface area contributed by atoms with Crippen LogP contribution in [0, 0.1) is 5.41 Å². The number of hydrogen-bond acceptors (Lipinski definition) is 8. The van der Waals surface area contributed by atoms with Crippen LogP contribution in [0.3, 0.4) is 0 Å². The molecule has 0 aromatic heterocycles. The van der Waals surface area contributed by atoms with E-state index >= 15 is 0 Å². The maximum atomic E-state index is 12.1. The van der Waals surface area contributed by atoms with Crippen molar-refractivity contribution < 1.29 is 33.6 Å². The molecule has 0 bridgehead atoms. The second-order valence-corrected chi connectivity index (χ2v) is 11.8. The predicted molar refractivity (Wildman–Crippen MR) is 167 cm³/mol. The van der Waals surface area contributed by atoms with Gasteiger partial charge in [-0.3, -0.25) is 4.79 Å². The van der Waals surface area contributed by atoms with E-state index in [0.717, 1.165) is 45.8 Å². The molecule has 0 fully saturated rings. The highest BCUT2D eigenvalue weighted by Crippen LogP contribution is 2.40. The van der Waals surface area contributed by atoms with Gasteiger partial charge < -0.3 is 34.1 Å². The van der Waals surface area contributed by atoms with Crippen LogP contribution in [0.15, 0.2) is 66.7 Å². The van der Waals surface area contributed by atoms with E-state index in [2.05, 4.69) is 18.3 Å². The zero-order valence-corrected chi connectivity index (χ0v) is 25.9. The van der Waals surface area contributed by atoms with Crippen molar-refractivity contribution in [1.29, 1.82) is 0 Å². The number of fused-ring (bicyclic) bond motifs is 1. The SMILES string of the molecule is CC/C(=C(\c1ccc(OCOC(=O)C(C)(C)C)cc1)c1ccc(OCC(O)CNC(C)C)cc1)c1ccc2c(c1)OCO2. The summed E-state index contributed by atoms with van der Waals surface area (Å²) in [4.78, 5) is 12.1. The van der Waals surface area contributed by atoms with Crippen molar-refractivity contribution >= 4 is 17.1 Å². The number of allylic oxidation sites excluding steroid dienone is 1. The number of benzene rings is 3. The van der Waals surface area contributed by atoms with Crippen LogP contribution in [0.2, 0.25) is 0 Å². The van der Waals surface area contributed by atoms with Crippen molar-refractivity contribution in [2.24, 2.45) is 5.41 Å². The average molecular weight is 590 g/mol. The molecule has 1 aliphatic heterocycles. The first-order valence-electron chi connectivity index (χ1n) is 14.7. The van der Waals surface area contributed by atoms with Crippen molar-refractivity contribution in [2.75, 3.05) is 26.7 Å². The lowest BCUT2D eigenvalue weighted by molar-refractivity contribution is -0.159. The lowest BCUT2D eigenvalue weighted by Gasteiger charge is -2.19. The molecule has 230 valence electrons. The summed E-state index contributed by atoms with van der Waals surface area (Å²) in [5, 5.41) is 13.5. The van der Waals surface area contributed by atoms with Crippen molar-refractivity contribution in [3.05, 3.63) is 83.4 Å². The summed E-state index contributed by atoms with van der Waals surface area (Å²) in [6.07, 6.45) is 0.163. The third-order valence-corrected chi connectivity index (χ3v) is 6.89. The molecule has 3 aromatic carbocycles. The molecule has 3 aromatic rings. The summed E-state index contributed by atoms with van der Waals surface area (Å²) >= 11 is 0. The predicted octanol–water partition coefficient (Wildman–Crippen LogP) is 6.45. The minimum absolute atomic E-state index is 0.154. The molecule has 0 radical (unpaired) electrons. The minimum Gasteiger partial charge on any atom is -0.491 e. The Labute approximate surface area is 254 Å². The summed E-state index contributed by atoms with van der Waals surface area (Å²) in [5.41, 5.74) is 4.64. The molecule has 0 amide bonds. The van der Waals surface area contributed by atoms with Crippen molar-refractivity contribution in [3.8, 4) is 23.0 Å². The van der Waals surface area contributed by atoms with Crippen molar-refractivity contribution in [3.63, 3.8) is 0 Å². The lowest BCUT2D eigenvalue weighted by Crippen LogP contribution is -2.35. The van der Waals surface area contributed by atoms with Crippen molar-refractivity contribution in [1.82, 2.24) is 5.32 Å². The van der Waals surface area contributed by atoms with E-state index in [-0.39, 0.29) is 26.2 Å². The van der Waals surface area contributed by atoms with Crippen LogP contribution in [-0.2, 0) is 9.53 Å². The standard InChI is InChI=1S/C35H43NO7/c1-7-30(26-12-17-31-32(18-26)42-22-41-31)33(24-8-13-28(14-9-24)39-20-27(37)19-36-23(2)3)25-10-15-29(16-11-25)40-21-43-34(38)35(4,5)6/h8-18,23,27,36-37H,7,19-22H2,1-6H3/b33-30+. The third-order valence-electron chi connectivity index (χ3n) is 6.89. The molecule has 4 rings (SSSR count). The van der Waals surface area contributed by atoms with Gasteiger partial charge in [-0.25, -0.2) is 0 Å². The number of ether oxygens (including phenoxy) is 5. The highest BCUT2D eigenvalue weighted by molar-refractivity contribution is 5.99. The maximum absolute atomic E-state index is 12.1. The van der Waals surface area contributed by atoms with E-state index in [1.165, 1.54) is 0 Å². The van der Waals surface area contributed by atoms with E-state index in [0.29, 0.717) is 24.1 Å². The van der Waals surface area contributed by atoms with E-state index in [1.54, 1.807) is 20.8 Å². The lowest BCUT2D eigenvalue weighted by atomic mass is 9.88. The molecule has 0 spiro atoms. The molecule has 1 aliphatic rings. The number of rotatable bonds is 13. The van der Waals surface area contributed by atoms with Gasteiger partial charge in [0.2, 0.25) is 13.6 Å². The Bertz CT molecular complexity index is 1390. The Kier molecular flexibility index (Phi) is 10.7. The topological polar surface area (TPSA) is 95.5 Å². The molecule has 8 nitrogen and oxygen atoms in total. The van der Waals surface area contributed by atoms with Crippen LogP contribution in [0.25, 0.3) is 11.1 Å². The van der Waals surface area contributed by atoms with E-state index in [4.69, 9.17) is 23.7 Å².